The van der Waals surface area contributed by atoms with Crippen LogP contribution in [-0.2, 0) is 11.3 Å². The van der Waals surface area contributed by atoms with Gasteiger partial charge in [-0.1, -0.05) is 13.8 Å². The maximum Gasteiger partial charge on any atom is 0.229 e. The summed E-state index contributed by atoms with van der Waals surface area (Å²) in [6, 6.07) is 0. The van der Waals surface area contributed by atoms with Crippen molar-refractivity contribution in [2.75, 3.05) is 18.4 Å². The molecule has 0 unspecified atom stereocenters. The fourth-order valence-corrected chi connectivity index (χ4v) is 2.27. The molecule has 0 spiro atoms. The van der Waals surface area contributed by atoms with Crippen LogP contribution in [0.5, 0.6) is 0 Å². The van der Waals surface area contributed by atoms with E-state index in [1.54, 1.807) is 6.20 Å². The molecule has 0 atom stereocenters. The van der Waals surface area contributed by atoms with Crippen molar-refractivity contribution in [1.29, 1.82) is 0 Å². The van der Waals surface area contributed by atoms with Gasteiger partial charge >= 0.3 is 0 Å². The van der Waals surface area contributed by atoms with Crippen molar-refractivity contribution >= 4 is 11.9 Å². The number of piperidine rings is 1. The van der Waals surface area contributed by atoms with Gasteiger partial charge in [-0.05, 0) is 31.8 Å². The second-order valence-electron chi connectivity index (χ2n) is 5.31. The molecule has 2 N–H and O–H groups in total. The molecule has 100 valence electrons. The Morgan fingerprint density at radius 1 is 1.56 bits per heavy atom. The van der Waals surface area contributed by atoms with Crippen LogP contribution >= 0.6 is 0 Å². The van der Waals surface area contributed by atoms with Crippen molar-refractivity contribution in [3.8, 4) is 0 Å². The molecule has 0 aromatic carbocycles. The molecule has 0 radical (unpaired) electrons. The van der Waals surface area contributed by atoms with E-state index in [1.807, 2.05) is 10.8 Å². The molecule has 1 aromatic heterocycles. The molecule has 5 heteroatoms. The topological polar surface area (TPSA) is 59.0 Å². The minimum atomic E-state index is 0.104. The molecule has 1 fully saturated rings. The number of hydrogen-bond donors (Lipinski definition) is 2. The first-order chi connectivity index (χ1) is 8.66. The highest BCUT2D eigenvalue weighted by Gasteiger charge is 2.22. The quantitative estimate of drug-likeness (QED) is 0.851. The van der Waals surface area contributed by atoms with Crippen molar-refractivity contribution in [2.45, 2.75) is 33.2 Å². The average molecular weight is 250 g/mol. The Bertz CT molecular complexity index is 393. The van der Waals surface area contributed by atoms with Gasteiger partial charge in [0, 0.05) is 24.9 Å². The number of nitrogens with one attached hydrogen (secondary N) is 2. The molecule has 18 heavy (non-hydrogen) atoms. The number of carbonyl (C=O) groups excluding carboxylic acids is 1. The number of amides is 1. The smallest absolute Gasteiger partial charge is 0.229 e. The number of carbonyl (C=O) groups is 1. The summed E-state index contributed by atoms with van der Waals surface area (Å²) in [5.41, 5.74) is 0. The van der Waals surface area contributed by atoms with E-state index in [9.17, 15) is 4.79 Å². The minimum Gasteiger partial charge on any atom is -0.317 e. The molecule has 2 rings (SSSR count). The minimum absolute atomic E-state index is 0.104. The van der Waals surface area contributed by atoms with Crippen LogP contribution in [-0.4, -0.2) is 28.5 Å². The maximum atomic E-state index is 12.1. The molecule has 5 nitrogen and oxygen atoms in total. The monoisotopic (exact) mass is 250 g/mol. The van der Waals surface area contributed by atoms with E-state index in [0.717, 1.165) is 32.5 Å². The van der Waals surface area contributed by atoms with Crippen LogP contribution in [0.3, 0.4) is 0 Å². The lowest BCUT2D eigenvalue weighted by Crippen LogP contribution is -2.35. The third kappa shape index (κ3) is 3.32. The SMILES string of the molecule is CC(C)Cn1ccnc1NC(=O)C1CCNCC1. The second kappa shape index (κ2) is 6.00. The Labute approximate surface area is 108 Å². The molecule has 2 heterocycles. The lowest BCUT2D eigenvalue weighted by molar-refractivity contribution is -0.120. The zero-order valence-corrected chi connectivity index (χ0v) is 11.1. The van der Waals surface area contributed by atoms with E-state index in [4.69, 9.17) is 0 Å². The highest BCUT2D eigenvalue weighted by atomic mass is 16.2. The summed E-state index contributed by atoms with van der Waals surface area (Å²) in [6.07, 6.45) is 5.48. The van der Waals surface area contributed by atoms with Gasteiger partial charge in [0.15, 0.2) is 0 Å². The van der Waals surface area contributed by atoms with Gasteiger partial charge in [-0.15, -0.1) is 0 Å². The van der Waals surface area contributed by atoms with Crippen LogP contribution in [0.25, 0.3) is 0 Å². The summed E-state index contributed by atoms with van der Waals surface area (Å²) in [4.78, 5) is 16.3. The fourth-order valence-electron chi connectivity index (χ4n) is 2.27. The van der Waals surface area contributed by atoms with Crippen LogP contribution in [0.2, 0.25) is 0 Å². The van der Waals surface area contributed by atoms with E-state index in [0.29, 0.717) is 11.9 Å². The Morgan fingerprint density at radius 3 is 2.94 bits per heavy atom. The third-order valence-electron chi connectivity index (χ3n) is 3.22. The maximum absolute atomic E-state index is 12.1. The van der Waals surface area contributed by atoms with Crippen molar-refractivity contribution in [2.24, 2.45) is 11.8 Å². The van der Waals surface area contributed by atoms with Crippen LogP contribution in [0, 0.1) is 11.8 Å². The number of aromatic nitrogens is 2. The molecule has 0 aliphatic carbocycles. The van der Waals surface area contributed by atoms with Gasteiger partial charge in [0.2, 0.25) is 11.9 Å². The van der Waals surface area contributed by atoms with E-state index in [-0.39, 0.29) is 11.8 Å². The molecule has 0 bridgehead atoms. The Kier molecular flexibility index (Phi) is 4.36. The normalized spacial score (nSPS) is 17.1. The summed E-state index contributed by atoms with van der Waals surface area (Å²) in [7, 11) is 0. The van der Waals surface area contributed by atoms with Crippen LogP contribution in [0.1, 0.15) is 26.7 Å². The summed E-state index contributed by atoms with van der Waals surface area (Å²) < 4.78 is 2.00. The van der Waals surface area contributed by atoms with E-state index >= 15 is 0 Å². The number of hydrogen-bond acceptors (Lipinski definition) is 3. The second-order valence-corrected chi connectivity index (χ2v) is 5.31. The molecule has 1 amide bonds. The van der Waals surface area contributed by atoms with Gasteiger partial charge in [-0.25, -0.2) is 4.98 Å². The first-order valence-corrected chi connectivity index (χ1v) is 6.69. The number of nitrogens with zero attached hydrogens (tertiary/aromatic N) is 2. The summed E-state index contributed by atoms with van der Waals surface area (Å²) in [6.45, 7) is 7.04. The van der Waals surface area contributed by atoms with Gasteiger partial charge in [-0.3, -0.25) is 10.1 Å². The first-order valence-electron chi connectivity index (χ1n) is 6.69. The average Bonchev–Trinajstić information content (AvgIpc) is 2.77. The predicted octanol–water partition coefficient (Wildman–Crippen LogP) is 1.48. The predicted molar refractivity (Wildman–Crippen MR) is 71.3 cm³/mol. The Hall–Kier alpha value is -1.36. The summed E-state index contributed by atoms with van der Waals surface area (Å²) >= 11 is 0. The molecule has 1 aliphatic rings. The standard InChI is InChI=1S/C13H22N4O/c1-10(2)9-17-8-7-15-13(17)16-12(18)11-3-5-14-6-4-11/h7-8,10-11,14H,3-6,9H2,1-2H3,(H,15,16,18). The molecule has 0 saturated carbocycles. The highest BCUT2D eigenvalue weighted by molar-refractivity contribution is 5.91. The van der Waals surface area contributed by atoms with Gasteiger partial charge in [0.1, 0.15) is 0 Å². The third-order valence-corrected chi connectivity index (χ3v) is 3.22. The van der Waals surface area contributed by atoms with Crippen molar-refractivity contribution in [3.05, 3.63) is 12.4 Å². The van der Waals surface area contributed by atoms with E-state index in [1.165, 1.54) is 0 Å². The highest BCUT2D eigenvalue weighted by Crippen LogP contribution is 2.15. The molecular formula is C13H22N4O. The molecule has 1 saturated heterocycles. The van der Waals surface area contributed by atoms with Gasteiger partial charge in [0.05, 0.1) is 0 Å². The Morgan fingerprint density at radius 2 is 2.28 bits per heavy atom. The zero-order valence-electron chi connectivity index (χ0n) is 11.1. The molecule has 1 aromatic rings. The lowest BCUT2D eigenvalue weighted by Gasteiger charge is -2.21. The first kappa shape index (κ1) is 13.1. The van der Waals surface area contributed by atoms with Crippen molar-refractivity contribution in [3.63, 3.8) is 0 Å². The number of imidazole rings is 1. The van der Waals surface area contributed by atoms with Gasteiger partial charge < -0.3 is 9.88 Å². The van der Waals surface area contributed by atoms with Gasteiger partial charge in [0.25, 0.3) is 0 Å². The van der Waals surface area contributed by atoms with Crippen LogP contribution < -0.4 is 10.6 Å². The van der Waals surface area contributed by atoms with Crippen molar-refractivity contribution < 1.29 is 4.79 Å². The van der Waals surface area contributed by atoms with E-state index in [2.05, 4.69) is 29.5 Å². The lowest BCUT2D eigenvalue weighted by atomic mass is 9.97. The summed E-state index contributed by atoms with van der Waals surface area (Å²) in [5, 5.41) is 6.22. The zero-order chi connectivity index (χ0) is 13.0. The number of anilines is 1. The largest absolute Gasteiger partial charge is 0.317 e. The number of rotatable bonds is 4. The molecular weight excluding hydrogens is 228 g/mol. The summed E-state index contributed by atoms with van der Waals surface area (Å²) in [5.74, 6) is 1.43. The molecule has 1 aliphatic heterocycles. The fraction of sp³-hybridized carbons (Fsp3) is 0.692. The van der Waals surface area contributed by atoms with E-state index < -0.39 is 0 Å². The van der Waals surface area contributed by atoms with Gasteiger partial charge in [-0.2, -0.15) is 0 Å². The van der Waals surface area contributed by atoms with Crippen LogP contribution in [0.15, 0.2) is 12.4 Å². The Balaban J connectivity index is 1.95. The van der Waals surface area contributed by atoms with Crippen molar-refractivity contribution in [1.82, 2.24) is 14.9 Å². The van der Waals surface area contributed by atoms with Crippen LogP contribution in [0.4, 0.5) is 5.95 Å².